The van der Waals surface area contributed by atoms with E-state index in [4.69, 9.17) is 5.73 Å². The summed E-state index contributed by atoms with van der Waals surface area (Å²) < 4.78 is 13.1. The number of benzene rings is 2. The normalized spacial score (nSPS) is 10.2. The number of urea groups is 1. The van der Waals surface area contributed by atoms with Crippen molar-refractivity contribution < 1.29 is 9.18 Å². The van der Waals surface area contributed by atoms with E-state index in [1.165, 1.54) is 17.0 Å². The Morgan fingerprint density at radius 3 is 2.57 bits per heavy atom. The highest BCUT2D eigenvalue weighted by atomic mass is 19.1. The Morgan fingerprint density at radius 1 is 1.19 bits per heavy atom. The smallest absolute Gasteiger partial charge is 0.321 e. The Hall–Kier alpha value is -2.40. The molecular formula is C16H18FN3O. The first kappa shape index (κ1) is 15.0. The molecule has 0 heterocycles. The average Bonchev–Trinajstić information content (AvgIpc) is 2.47. The summed E-state index contributed by atoms with van der Waals surface area (Å²) in [6, 6.07) is 13.2. The van der Waals surface area contributed by atoms with E-state index in [2.05, 4.69) is 5.32 Å². The molecule has 4 nitrogen and oxygen atoms in total. The van der Waals surface area contributed by atoms with Crippen LogP contribution in [0.1, 0.15) is 11.1 Å². The zero-order valence-electron chi connectivity index (χ0n) is 11.8. The molecule has 0 aliphatic heterocycles. The molecule has 0 saturated heterocycles. The van der Waals surface area contributed by atoms with Gasteiger partial charge in [0, 0.05) is 25.8 Å². The number of hydrogen-bond acceptors (Lipinski definition) is 2. The summed E-state index contributed by atoms with van der Waals surface area (Å²) in [6.45, 7) is 0.865. The summed E-state index contributed by atoms with van der Waals surface area (Å²) in [4.78, 5) is 13.6. The predicted molar refractivity (Wildman–Crippen MR) is 81.2 cm³/mol. The van der Waals surface area contributed by atoms with Gasteiger partial charge in [-0.25, -0.2) is 9.18 Å². The molecule has 110 valence electrons. The van der Waals surface area contributed by atoms with Gasteiger partial charge in [-0.2, -0.15) is 0 Å². The summed E-state index contributed by atoms with van der Waals surface area (Å²) in [7, 11) is 1.68. The third kappa shape index (κ3) is 4.03. The maximum atomic E-state index is 13.1. The molecular weight excluding hydrogens is 269 g/mol. The van der Waals surface area contributed by atoms with Crippen LogP contribution in [0.25, 0.3) is 0 Å². The summed E-state index contributed by atoms with van der Waals surface area (Å²) in [6.07, 6.45) is 0. The topological polar surface area (TPSA) is 58.4 Å². The quantitative estimate of drug-likeness (QED) is 0.908. The second-order valence-electron chi connectivity index (χ2n) is 4.77. The van der Waals surface area contributed by atoms with E-state index in [9.17, 15) is 9.18 Å². The molecule has 21 heavy (non-hydrogen) atoms. The fraction of sp³-hybridized carbons (Fsp3) is 0.188. The van der Waals surface area contributed by atoms with Crippen LogP contribution in [0.3, 0.4) is 0 Å². The molecule has 0 atom stereocenters. The molecule has 0 radical (unpaired) electrons. The lowest BCUT2D eigenvalue weighted by Crippen LogP contribution is -2.31. The van der Waals surface area contributed by atoms with E-state index in [0.717, 1.165) is 11.1 Å². The first-order valence-electron chi connectivity index (χ1n) is 6.64. The van der Waals surface area contributed by atoms with Gasteiger partial charge < -0.3 is 16.0 Å². The number of hydrogen-bond donors (Lipinski definition) is 2. The largest absolute Gasteiger partial charge is 0.326 e. The van der Waals surface area contributed by atoms with Gasteiger partial charge >= 0.3 is 6.03 Å². The number of carbonyl (C=O) groups is 1. The van der Waals surface area contributed by atoms with Gasteiger partial charge in [-0.05, 0) is 29.3 Å². The summed E-state index contributed by atoms with van der Waals surface area (Å²) in [5.74, 6) is -0.385. The molecule has 0 aliphatic rings. The second-order valence-corrected chi connectivity index (χ2v) is 4.77. The number of nitrogens with zero attached hydrogens (tertiary/aromatic N) is 1. The molecule has 3 N–H and O–H groups in total. The minimum absolute atomic E-state index is 0.299. The fourth-order valence-corrected chi connectivity index (χ4v) is 2.02. The van der Waals surface area contributed by atoms with Gasteiger partial charge in [0.15, 0.2) is 0 Å². The lowest BCUT2D eigenvalue weighted by Gasteiger charge is -2.19. The van der Waals surface area contributed by atoms with Gasteiger partial charge in [0.05, 0.1) is 0 Å². The van der Waals surface area contributed by atoms with Crippen molar-refractivity contribution >= 4 is 11.7 Å². The van der Waals surface area contributed by atoms with E-state index >= 15 is 0 Å². The van der Waals surface area contributed by atoms with Crippen molar-refractivity contribution in [3.05, 3.63) is 65.5 Å². The zero-order valence-corrected chi connectivity index (χ0v) is 11.8. The van der Waals surface area contributed by atoms with Gasteiger partial charge in [-0.1, -0.05) is 30.3 Å². The van der Waals surface area contributed by atoms with Crippen LogP contribution in [0.15, 0.2) is 48.5 Å². The van der Waals surface area contributed by atoms with Crippen molar-refractivity contribution in [3.63, 3.8) is 0 Å². The van der Waals surface area contributed by atoms with Crippen LogP contribution in [0.5, 0.6) is 0 Å². The van der Waals surface area contributed by atoms with E-state index in [0.29, 0.717) is 18.8 Å². The molecule has 0 aliphatic carbocycles. The summed E-state index contributed by atoms with van der Waals surface area (Å²) in [5.41, 5.74) is 8.11. The number of rotatable bonds is 4. The maximum absolute atomic E-state index is 13.1. The maximum Gasteiger partial charge on any atom is 0.321 e. The lowest BCUT2D eigenvalue weighted by molar-refractivity contribution is 0.220. The molecule has 0 aromatic heterocycles. The number of nitrogens with two attached hydrogens (primary N) is 1. The summed E-state index contributed by atoms with van der Waals surface area (Å²) in [5, 5.41) is 2.66. The van der Waals surface area contributed by atoms with Crippen LogP contribution in [0.2, 0.25) is 0 Å². The van der Waals surface area contributed by atoms with Crippen LogP contribution < -0.4 is 11.1 Å². The van der Waals surface area contributed by atoms with Crippen molar-refractivity contribution in [2.75, 3.05) is 12.4 Å². The van der Waals surface area contributed by atoms with Gasteiger partial charge in [0.2, 0.25) is 0 Å². The van der Waals surface area contributed by atoms with Crippen LogP contribution in [-0.2, 0) is 13.1 Å². The lowest BCUT2D eigenvalue weighted by atomic mass is 10.1. The third-order valence-corrected chi connectivity index (χ3v) is 3.17. The Bertz CT molecular complexity index is 630. The zero-order chi connectivity index (χ0) is 15.2. The van der Waals surface area contributed by atoms with E-state index in [1.54, 1.807) is 19.2 Å². The van der Waals surface area contributed by atoms with Crippen molar-refractivity contribution in [1.82, 2.24) is 4.90 Å². The van der Waals surface area contributed by atoms with Crippen LogP contribution in [0, 0.1) is 5.82 Å². The molecule has 2 aromatic rings. The number of anilines is 1. The van der Waals surface area contributed by atoms with Crippen LogP contribution in [0.4, 0.5) is 14.9 Å². The molecule has 0 fully saturated rings. The Kier molecular flexibility index (Phi) is 4.90. The number of amides is 2. The first-order valence-corrected chi connectivity index (χ1v) is 6.64. The van der Waals surface area contributed by atoms with Crippen LogP contribution >= 0.6 is 0 Å². The molecule has 0 saturated carbocycles. The monoisotopic (exact) mass is 287 g/mol. The van der Waals surface area contributed by atoms with Gasteiger partial charge in [-0.15, -0.1) is 0 Å². The highest BCUT2D eigenvalue weighted by Crippen LogP contribution is 2.13. The molecule has 0 unspecified atom stereocenters. The third-order valence-electron chi connectivity index (χ3n) is 3.17. The number of halogens is 1. The molecule has 2 rings (SSSR count). The van der Waals surface area contributed by atoms with Crippen molar-refractivity contribution in [1.29, 1.82) is 0 Å². The summed E-state index contributed by atoms with van der Waals surface area (Å²) >= 11 is 0. The van der Waals surface area contributed by atoms with Gasteiger partial charge in [0.25, 0.3) is 0 Å². The standard InChI is InChI=1S/C16H18FN3O/c1-20(11-13-6-3-2-5-12(13)10-18)16(21)19-15-8-4-7-14(17)9-15/h2-9H,10-11,18H2,1H3,(H,19,21). The highest BCUT2D eigenvalue weighted by molar-refractivity contribution is 5.89. The molecule has 0 spiro atoms. The van der Waals surface area contributed by atoms with E-state index < -0.39 is 0 Å². The van der Waals surface area contributed by atoms with Crippen molar-refractivity contribution in [2.24, 2.45) is 5.73 Å². The Labute approximate surface area is 123 Å². The Balaban J connectivity index is 2.02. The molecule has 0 bridgehead atoms. The SMILES string of the molecule is CN(Cc1ccccc1CN)C(=O)Nc1cccc(F)c1. The van der Waals surface area contributed by atoms with Crippen molar-refractivity contribution in [2.45, 2.75) is 13.1 Å². The van der Waals surface area contributed by atoms with Crippen LogP contribution in [-0.4, -0.2) is 18.0 Å². The minimum atomic E-state index is -0.385. The molecule has 2 amide bonds. The van der Waals surface area contributed by atoms with E-state index in [-0.39, 0.29) is 11.8 Å². The Morgan fingerprint density at radius 2 is 1.90 bits per heavy atom. The number of nitrogens with one attached hydrogen (secondary N) is 1. The highest BCUT2D eigenvalue weighted by Gasteiger charge is 2.11. The number of carbonyl (C=O) groups excluding carboxylic acids is 1. The fourth-order valence-electron chi connectivity index (χ4n) is 2.02. The first-order chi connectivity index (χ1) is 10.1. The predicted octanol–water partition coefficient (Wildman–Crippen LogP) is 2.95. The van der Waals surface area contributed by atoms with Gasteiger partial charge in [-0.3, -0.25) is 0 Å². The minimum Gasteiger partial charge on any atom is -0.326 e. The van der Waals surface area contributed by atoms with Crippen molar-refractivity contribution in [3.8, 4) is 0 Å². The molecule has 2 aromatic carbocycles. The van der Waals surface area contributed by atoms with Gasteiger partial charge in [0.1, 0.15) is 5.82 Å². The average molecular weight is 287 g/mol. The molecule has 5 heteroatoms. The van der Waals surface area contributed by atoms with E-state index in [1.807, 2.05) is 24.3 Å². The second kappa shape index (κ2) is 6.85.